The molecule has 3 rings (SSSR count). The van der Waals surface area contributed by atoms with Gasteiger partial charge in [-0.3, -0.25) is 4.99 Å². The maximum absolute atomic E-state index is 12.9. The second-order valence-electron chi connectivity index (χ2n) is 7.65. The van der Waals surface area contributed by atoms with E-state index in [4.69, 9.17) is 4.99 Å². The first-order chi connectivity index (χ1) is 14.8. The molecule has 158 valence electrons. The molecule has 3 aromatic carbocycles. The molecule has 31 heavy (non-hydrogen) atoms. The molecule has 0 unspecified atom stereocenters. The lowest BCUT2D eigenvalue weighted by Crippen LogP contribution is -2.10. The van der Waals surface area contributed by atoms with E-state index in [9.17, 15) is 18.4 Å². The highest BCUT2D eigenvalue weighted by atomic mass is 19.4. The van der Waals surface area contributed by atoms with Crippen molar-refractivity contribution in [1.29, 1.82) is 5.26 Å². The molecule has 0 radical (unpaired) electrons. The molecule has 1 atom stereocenters. The number of nitrogens with zero attached hydrogens (tertiary/aromatic N) is 2. The molecule has 3 aromatic rings. The van der Waals surface area contributed by atoms with Crippen molar-refractivity contribution in [3.63, 3.8) is 0 Å². The van der Waals surface area contributed by atoms with E-state index in [1.165, 1.54) is 12.1 Å². The number of hydrogen-bond acceptors (Lipinski definition) is 2. The summed E-state index contributed by atoms with van der Waals surface area (Å²) in [6.07, 6.45) is -3.84. The van der Waals surface area contributed by atoms with Crippen molar-refractivity contribution in [3.05, 3.63) is 107 Å². The van der Waals surface area contributed by atoms with Crippen LogP contribution in [0, 0.1) is 11.3 Å². The maximum Gasteiger partial charge on any atom is 0.416 e. The molecule has 0 saturated heterocycles. The van der Waals surface area contributed by atoms with Gasteiger partial charge >= 0.3 is 6.18 Å². The zero-order chi connectivity index (χ0) is 22.4. The van der Waals surface area contributed by atoms with Crippen LogP contribution in [0.1, 0.15) is 53.6 Å². The Morgan fingerprint density at radius 3 is 2.00 bits per heavy atom. The highest BCUT2D eigenvalue weighted by molar-refractivity contribution is 6.11. The number of aliphatic imine (C=N–C) groups is 1. The minimum Gasteiger partial charge on any atom is -0.265 e. The van der Waals surface area contributed by atoms with Gasteiger partial charge in [0.1, 0.15) is 11.8 Å². The summed E-state index contributed by atoms with van der Waals surface area (Å²) in [5, 5.41) is 9.75. The first-order valence-electron chi connectivity index (χ1n) is 10.1. The van der Waals surface area contributed by atoms with Crippen LogP contribution in [0.2, 0.25) is 0 Å². The molecule has 0 fully saturated rings. The Morgan fingerprint density at radius 2 is 1.45 bits per heavy atom. The van der Waals surface area contributed by atoms with Crippen LogP contribution in [-0.2, 0) is 12.6 Å². The van der Waals surface area contributed by atoms with Crippen molar-refractivity contribution < 1.29 is 13.2 Å². The summed E-state index contributed by atoms with van der Waals surface area (Å²) in [6.45, 7) is 4.20. The molecule has 0 aliphatic heterocycles. The predicted octanol–water partition coefficient (Wildman–Crippen LogP) is 7.13. The molecule has 0 saturated carbocycles. The van der Waals surface area contributed by atoms with Crippen LogP contribution in [0.4, 0.5) is 13.2 Å². The average molecular weight is 420 g/mol. The van der Waals surface area contributed by atoms with E-state index in [0.717, 1.165) is 28.8 Å². The second kappa shape index (κ2) is 9.61. The van der Waals surface area contributed by atoms with Crippen molar-refractivity contribution >= 4 is 5.71 Å². The van der Waals surface area contributed by atoms with Gasteiger partial charge in [-0.1, -0.05) is 80.6 Å². The van der Waals surface area contributed by atoms with Gasteiger partial charge in [0, 0.05) is 5.56 Å². The third-order valence-electron chi connectivity index (χ3n) is 5.13. The quantitative estimate of drug-likeness (QED) is 0.391. The molecule has 0 N–H and O–H groups in total. The Labute approximate surface area is 180 Å². The lowest BCUT2D eigenvalue weighted by molar-refractivity contribution is -0.137. The average Bonchev–Trinajstić information content (AvgIpc) is 2.77. The van der Waals surface area contributed by atoms with Gasteiger partial charge in [0.15, 0.2) is 0 Å². The minimum absolute atomic E-state index is 0.119. The molecular formula is C26H23F3N2. The zero-order valence-electron chi connectivity index (χ0n) is 17.4. The molecule has 0 aliphatic rings. The van der Waals surface area contributed by atoms with Crippen molar-refractivity contribution in [2.75, 3.05) is 0 Å². The van der Waals surface area contributed by atoms with E-state index in [-0.39, 0.29) is 17.7 Å². The summed E-state index contributed by atoms with van der Waals surface area (Å²) in [6, 6.07) is 24.1. The third-order valence-corrected chi connectivity index (χ3v) is 5.13. The summed E-state index contributed by atoms with van der Waals surface area (Å²) >= 11 is 0. The van der Waals surface area contributed by atoms with E-state index in [0.29, 0.717) is 12.0 Å². The number of benzene rings is 3. The normalized spacial score (nSPS) is 13.1. The predicted molar refractivity (Wildman–Crippen MR) is 117 cm³/mol. The van der Waals surface area contributed by atoms with Gasteiger partial charge in [-0.05, 0) is 41.2 Å². The highest BCUT2D eigenvalue weighted by Crippen LogP contribution is 2.32. The van der Waals surface area contributed by atoms with Gasteiger partial charge in [-0.2, -0.15) is 18.4 Å². The molecular weight excluding hydrogens is 397 g/mol. The topological polar surface area (TPSA) is 36.1 Å². The molecule has 0 spiro atoms. The van der Waals surface area contributed by atoms with Crippen LogP contribution in [0.3, 0.4) is 0 Å². The fraction of sp³-hybridized carbons (Fsp3) is 0.231. The fourth-order valence-corrected chi connectivity index (χ4v) is 3.54. The van der Waals surface area contributed by atoms with E-state index in [1.807, 2.05) is 48.5 Å². The zero-order valence-corrected chi connectivity index (χ0v) is 17.4. The molecule has 5 heteroatoms. The lowest BCUT2D eigenvalue weighted by Gasteiger charge is -2.20. The summed E-state index contributed by atoms with van der Waals surface area (Å²) in [7, 11) is 0. The number of alkyl halides is 3. The number of halogens is 3. The van der Waals surface area contributed by atoms with Crippen molar-refractivity contribution in [3.8, 4) is 6.07 Å². The summed E-state index contributed by atoms with van der Waals surface area (Å²) in [4.78, 5) is 4.74. The summed E-state index contributed by atoms with van der Waals surface area (Å²) in [5.74, 6) is 0.265. The summed E-state index contributed by atoms with van der Waals surface area (Å²) < 4.78 is 38.7. The maximum atomic E-state index is 12.9. The lowest BCUT2D eigenvalue weighted by atomic mass is 9.90. The first kappa shape index (κ1) is 22.3. The SMILES string of the molecule is CC(C)c1ccccc1[C@@H](Cc1ccccc1)/N=C(\C#N)c1ccc(C(F)(F)F)cc1. The van der Waals surface area contributed by atoms with Gasteiger partial charge in [0.2, 0.25) is 0 Å². The van der Waals surface area contributed by atoms with Crippen LogP contribution >= 0.6 is 0 Å². The van der Waals surface area contributed by atoms with Gasteiger partial charge in [-0.25, -0.2) is 0 Å². The van der Waals surface area contributed by atoms with Gasteiger partial charge in [0.05, 0.1) is 11.6 Å². The minimum atomic E-state index is -4.42. The second-order valence-corrected chi connectivity index (χ2v) is 7.65. The molecule has 0 amide bonds. The number of hydrogen-bond donors (Lipinski definition) is 0. The van der Waals surface area contributed by atoms with Crippen LogP contribution < -0.4 is 0 Å². The number of rotatable bonds is 6. The number of nitriles is 1. The molecule has 2 nitrogen and oxygen atoms in total. The Balaban J connectivity index is 2.06. The first-order valence-corrected chi connectivity index (χ1v) is 10.1. The molecule has 0 heterocycles. The molecule has 0 aromatic heterocycles. The van der Waals surface area contributed by atoms with Gasteiger partial charge in [-0.15, -0.1) is 0 Å². The van der Waals surface area contributed by atoms with E-state index < -0.39 is 11.7 Å². The van der Waals surface area contributed by atoms with Crippen LogP contribution in [-0.4, -0.2) is 5.71 Å². The van der Waals surface area contributed by atoms with E-state index >= 15 is 0 Å². The Kier molecular flexibility index (Phi) is 6.91. The van der Waals surface area contributed by atoms with E-state index in [2.05, 4.69) is 26.0 Å². The van der Waals surface area contributed by atoms with Crippen molar-refractivity contribution in [2.45, 2.75) is 38.4 Å². The van der Waals surface area contributed by atoms with Crippen LogP contribution in [0.25, 0.3) is 0 Å². The Morgan fingerprint density at radius 1 is 0.871 bits per heavy atom. The third kappa shape index (κ3) is 5.61. The Bertz CT molecular complexity index is 1080. The fourth-order valence-electron chi connectivity index (χ4n) is 3.54. The van der Waals surface area contributed by atoms with Gasteiger partial charge < -0.3 is 0 Å². The monoisotopic (exact) mass is 420 g/mol. The van der Waals surface area contributed by atoms with Crippen LogP contribution in [0.5, 0.6) is 0 Å². The highest BCUT2D eigenvalue weighted by Gasteiger charge is 2.30. The standard InChI is InChI=1S/C26H23F3N2/c1-18(2)22-10-6-7-11-23(22)24(16-19-8-4-3-5-9-19)31-25(17-30)20-12-14-21(15-13-20)26(27,28)29/h3-15,18,24H,16H2,1-2H3/b31-25+/t24-/m1/s1. The van der Waals surface area contributed by atoms with Crippen molar-refractivity contribution in [1.82, 2.24) is 0 Å². The van der Waals surface area contributed by atoms with Crippen molar-refractivity contribution in [2.24, 2.45) is 4.99 Å². The van der Waals surface area contributed by atoms with Gasteiger partial charge in [0.25, 0.3) is 0 Å². The summed E-state index contributed by atoms with van der Waals surface area (Å²) in [5.41, 5.74) is 2.96. The molecule has 0 bridgehead atoms. The largest absolute Gasteiger partial charge is 0.416 e. The smallest absolute Gasteiger partial charge is 0.265 e. The van der Waals surface area contributed by atoms with Crippen LogP contribution in [0.15, 0.2) is 83.9 Å². The molecule has 0 aliphatic carbocycles. The van der Waals surface area contributed by atoms with E-state index in [1.54, 1.807) is 0 Å². The Hall–Kier alpha value is -3.39.